The number of ether oxygens (including phenoxy) is 2. The highest BCUT2D eigenvalue weighted by atomic mass is 16.6. The van der Waals surface area contributed by atoms with E-state index in [2.05, 4.69) is 15.8 Å². The fraction of sp³-hybridized carbons (Fsp3) is 0.333. The zero-order valence-electron chi connectivity index (χ0n) is 19.7. The summed E-state index contributed by atoms with van der Waals surface area (Å²) in [5, 5.41) is 25.1. The predicted octanol–water partition coefficient (Wildman–Crippen LogP) is 3.65. The van der Waals surface area contributed by atoms with E-state index in [1.165, 1.54) is 0 Å². The highest BCUT2D eigenvalue weighted by molar-refractivity contribution is 5.91. The van der Waals surface area contributed by atoms with E-state index in [9.17, 15) is 9.59 Å². The van der Waals surface area contributed by atoms with Crippen molar-refractivity contribution in [2.24, 2.45) is 10.9 Å². The summed E-state index contributed by atoms with van der Waals surface area (Å²) in [7, 11) is 0. The SMILES string of the molecule is CC(C)(C#N)NC(=O)OCc1ccccc1.CC(C)(NC(=O)OCc1ccccc1)/C(N)=N/O. The number of amides is 2. The molecule has 2 aromatic carbocycles. The summed E-state index contributed by atoms with van der Waals surface area (Å²) in [5.74, 6) is -0.0980. The third kappa shape index (κ3) is 10.9. The fourth-order valence-corrected chi connectivity index (χ4v) is 2.25. The number of benzene rings is 2. The topological polar surface area (TPSA) is 159 Å². The molecule has 0 aliphatic carbocycles. The Balaban J connectivity index is 0.000000342. The van der Waals surface area contributed by atoms with Gasteiger partial charge in [-0.3, -0.25) is 0 Å². The average Bonchev–Trinajstić information content (AvgIpc) is 2.82. The summed E-state index contributed by atoms with van der Waals surface area (Å²) in [6.45, 7) is 6.79. The quantitative estimate of drug-likeness (QED) is 0.208. The van der Waals surface area contributed by atoms with E-state index in [1.807, 2.05) is 66.7 Å². The second kappa shape index (κ2) is 13.3. The van der Waals surface area contributed by atoms with Crippen LogP contribution in [0.1, 0.15) is 38.8 Å². The number of amidine groups is 1. The molecule has 2 aromatic rings. The highest BCUT2D eigenvalue weighted by Crippen LogP contribution is 2.05. The first-order chi connectivity index (χ1) is 16.0. The minimum atomic E-state index is -0.970. The first kappa shape index (κ1) is 27.8. The molecule has 2 rings (SSSR count). The zero-order valence-corrected chi connectivity index (χ0v) is 19.7. The minimum Gasteiger partial charge on any atom is -0.445 e. The van der Waals surface area contributed by atoms with Gasteiger partial charge in [-0.2, -0.15) is 5.26 Å². The average molecular weight is 470 g/mol. The van der Waals surface area contributed by atoms with E-state index < -0.39 is 23.3 Å². The van der Waals surface area contributed by atoms with E-state index in [-0.39, 0.29) is 19.0 Å². The van der Waals surface area contributed by atoms with Gasteiger partial charge < -0.3 is 31.0 Å². The van der Waals surface area contributed by atoms with Gasteiger partial charge in [0.1, 0.15) is 18.8 Å². The third-order valence-corrected chi connectivity index (χ3v) is 4.28. The molecular formula is C24H31N5O5. The lowest BCUT2D eigenvalue weighted by atomic mass is 10.1. The predicted molar refractivity (Wildman–Crippen MR) is 127 cm³/mol. The van der Waals surface area contributed by atoms with Gasteiger partial charge in [0, 0.05) is 0 Å². The first-order valence-electron chi connectivity index (χ1n) is 10.4. The van der Waals surface area contributed by atoms with Gasteiger partial charge >= 0.3 is 12.2 Å². The fourth-order valence-electron chi connectivity index (χ4n) is 2.25. The van der Waals surface area contributed by atoms with Gasteiger partial charge in [-0.15, -0.1) is 0 Å². The molecule has 0 radical (unpaired) electrons. The Labute approximate surface area is 199 Å². The molecule has 5 N–H and O–H groups in total. The van der Waals surface area contributed by atoms with E-state index in [4.69, 9.17) is 25.7 Å². The van der Waals surface area contributed by atoms with Gasteiger partial charge in [-0.05, 0) is 38.8 Å². The molecule has 0 aliphatic heterocycles. The van der Waals surface area contributed by atoms with Crippen molar-refractivity contribution in [3.05, 3.63) is 71.8 Å². The van der Waals surface area contributed by atoms with Crippen LogP contribution in [-0.2, 0) is 22.7 Å². The van der Waals surface area contributed by atoms with Crippen molar-refractivity contribution >= 4 is 18.0 Å². The van der Waals surface area contributed by atoms with Crippen LogP contribution in [0, 0.1) is 11.3 Å². The van der Waals surface area contributed by atoms with E-state index in [1.54, 1.807) is 27.7 Å². The number of nitriles is 1. The Kier molecular flexibility index (Phi) is 10.9. The monoisotopic (exact) mass is 469 g/mol. The number of carbonyl (C=O) groups excluding carboxylic acids is 2. The summed E-state index contributed by atoms with van der Waals surface area (Å²) >= 11 is 0. The standard InChI is InChI=1S/C12H17N3O3.C12H14N2O2/c1-12(2,10(13)15-17)14-11(16)18-8-9-6-4-3-5-7-9;1-12(2,9-13)14-11(15)16-8-10-6-4-3-5-7-10/h3-7,17H,8H2,1-2H3,(H2,13,15)(H,14,16);3-7H,8H2,1-2H3,(H,14,15). The third-order valence-electron chi connectivity index (χ3n) is 4.28. The lowest BCUT2D eigenvalue weighted by Crippen LogP contribution is -2.53. The maximum absolute atomic E-state index is 11.5. The van der Waals surface area contributed by atoms with Crippen molar-refractivity contribution in [1.29, 1.82) is 5.26 Å². The molecule has 0 spiro atoms. The number of hydrogen-bond donors (Lipinski definition) is 4. The molecular weight excluding hydrogens is 438 g/mol. The number of alkyl carbamates (subject to hydrolysis) is 2. The molecule has 0 bridgehead atoms. The minimum absolute atomic E-state index is 0.0980. The van der Waals surface area contributed by atoms with Gasteiger partial charge in [-0.25, -0.2) is 9.59 Å². The van der Waals surface area contributed by atoms with Crippen LogP contribution in [0.4, 0.5) is 9.59 Å². The van der Waals surface area contributed by atoms with Crippen molar-refractivity contribution in [2.45, 2.75) is 52.0 Å². The van der Waals surface area contributed by atoms with Crippen LogP contribution in [0.3, 0.4) is 0 Å². The van der Waals surface area contributed by atoms with E-state index in [0.29, 0.717) is 0 Å². The Morgan fingerprint density at radius 1 is 0.912 bits per heavy atom. The van der Waals surface area contributed by atoms with Crippen molar-refractivity contribution in [3.8, 4) is 6.07 Å². The first-order valence-corrected chi connectivity index (χ1v) is 10.4. The van der Waals surface area contributed by atoms with Crippen LogP contribution in [0.2, 0.25) is 0 Å². The Bertz CT molecular complexity index is 986. The van der Waals surface area contributed by atoms with Crippen LogP contribution in [0.25, 0.3) is 0 Å². The zero-order chi connectivity index (χ0) is 25.6. The smallest absolute Gasteiger partial charge is 0.408 e. The van der Waals surface area contributed by atoms with E-state index in [0.717, 1.165) is 11.1 Å². The molecule has 0 fully saturated rings. The van der Waals surface area contributed by atoms with Gasteiger partial charge in [0.15, 0.2) is 5.84 Å². The lowest BCUT2D eigenvalue weighted by Gasteiger charge is -2.23. The molecule has 0 aliphatic rings. The molecule has 34 heavy (non-hydrogen) atoms. The number of nitrogens with two attached hydrogens (primary N) is 1. The number of hydrogen-bond acceptors (Lipinski definition) is 7. The van der Waals surface area contributed by atoms with E-state index >= 15 is 0 Å². The maximum atomic E-state index is 11.5. The van der Waals surface area contributed by atoms with Crippen molar-refractivity contribution in [1.82, 2.24) is 10.6 Å². The molecule has 10 heteroatoms. The summed E-state index contributed by atoms with van der Waals surface area (Å²) < 4.78 is 9.98. The van der Waals surface area contributed by atoms with Crippen LogP contribution < -0.4 is 16.4 Å². The van der Waals surface area contributed by atoms with Crippen LogP contribution in [-0.4, -0.2) is 34.3 Å². The summed E-state index contributed by atoms with van der Waals surface area (Å²) in [6, 6.07) is 20.6. The van der Waals surface area contributed by atoms with Gasteiger partial charge in [0.25, 0.3) is 0 Å². The lowest BCUT2D eigenvalue weighted by molar-refractivity contribution is 0.133. The molecule has 0 unspecified atom stereocenters. The number of nitrogens with zero attached hydrogens (tertiary/aromatic N) is 2. The number of nitrogens with one attached hydrogen (secondary N) is 2. The van der Waals surface area contributed by atoms with Crippen LogP contribution in [0.15, 0.2) is 65.8 Å². The summed E-state index contributed by atoms with van der Waals surface area (Å²) in [4.78, 5) is 22.8. The van der Waals surface area contributed by atoms with Crippen molar-refractivity contribution in [2.75, 3.05) is 0 Å². The van der Waals surface area contributed by atoms with Crippen LogP contribution in [0.5, 0.6) is 0 Å². The summed E-state index contributed by atoms with van der Waals surface area (Å²) in [5.41, 5.74) is 5.35. The molecule has 0 saturated heterocycles. The number of carbonyl (C=O) groups is 2. The Hall–Kier alpha value is -4.26. The van der Waals surface area contributed by atoms with Gasteiger partial charge in [-0.1, -0.05) is 65.8 Å². The highest BCUT2D eigenvalue weighted by Gasteiger charge is 2.26. The number of rotatable bonds is 7. The van der Waals surface area contributed by atoms with Crippen molar-refractivity contribution in [3.63, 3.8) is 0 Å². The van der Waals surface area contributed by atoms with Crippen LogP contribution >= 0.6 is 0 Å². The largest absolute Gasteiger partial charge is 0.445 e. The maximum Gasteiger partial charge on any atom is 0.408 e. The molecule has 2 amide bonds. The van der Waals surface area contributed by atoms with Crippen molar-refractivity contribution < 1.29 is 24.3 Å². The van der Waals surface area contributed by atoms with Gasteiger partial charge in [0.2, 0.25) is 0 Å². The number of oxime groups is 1. The second-order valence-electron chi connectivity index (χ2n) is 8.22. The Morgan fingerprint density at radius 3 is 1.71 bits per heavy atom. The molecule has 182 valence electrons. The Morgan fingerprint density at radius 2 is 1.32 bits per heavy atom. The van der Waals surface area contributed by atoms with Gasteiger partial charge in [0.05, 0.1) is 11.6 Å². The molecule has 0 atom stereocenters. The molecule has 10 nitrogen and oxygen atoms in total. The molecule has 0 heterocycles. The normalized spacial score (nSPS) is 11.2. The molecule has 0 saturated carbocycles. The molecule has 0 aromatic heterocycles. The second-order valence-corrected chi connectivity index (χ2v) is 8.22. The summed E-state index contributed by atoms with van der Waals surface area (Å²) in [6.07, 6.45) is -1.22.